The lowest BCUT2D eigenvalue weighted by Gasteiger charge is -2.47. The normalized spacial score (nSPS) is 23.2. The van der Waals surface area contributed by atoms with E-state index >= 15 is 0 Å². The molecule has 18 nitrogen and oxygen atoms in total. The number of aromatic hydroxyl groups is 1. The van der Waals surface area contributed by atoms with E-state index in [1.165, 1.54) is 0 Å². The Hall–Kier alpha value is -6.25. The standard InChI is InChI=1S/C60H78N12O6S/c1-36(2)56(60(76)72-32-45(73)28-52(72)59(75)64-37(3)41-10-12-43(13-11-41)57-38(4)63-35-79-57)54-30-55(67-78-54)70-22-14-40(15-23-70)31-68-20-18-46(19-21-68)77-47-26-44(27-47)69-24-16-42(17-25-69)39(5)71-33-51(62-34-71)49-29-50(65-66-58(49)61)48-8-6-7-9-53(48)74/h6-13,29-30,33-37,39-40,42,44-47,52,56,73-74H,14-28,31-32H2,1-5H3,(H2,61,66)(H,64,75)/t37-,39+,44?,45+,47?,52-,56+/m0/s1. The summed E-state index contributed by atoms with van der Waals surface area (Å²) in [5, 5.41) is 37.2. The fraction of sp³-hybridized carbons (Fsp3) is 0.550. The van der Waals surface area contributed by atoms with Crippen molar-refractivity contribution in [2.75, 3.05) is 63.0 Å². The average Bonchev–Trinajstić information content (AvgIpc) is 4.35. The van der Waals surface area contributed by atoms with E-state index in [2.05, 4.69) is 58.0 Å². The maximum Gasteiger partial charge on any atom is 0.243 e. The molecule has 4 aromatic heterocycles. The van der Waals surface area contributed by atoms with Gasteiger partial charge in [0.15, 0.2) is 17.4 Å². The van der Waals surface area contributed by atoms with Crippen molar-refractivity contribution in [3.8, 4) is 38.7 Å². The van der Waals surface area contributed by atoms with Crippen LogP contribution in [0.5, 0.6) is 5.75 Å². The molecule has 1 aliphatic carbocycles. The topological polar surface area (TPSA) is 217 Å². The van der Waals surface area contributed by atoms with Crippen LogP contribution in [-0.4, -0.2) is 149 Å². The van der Waals surface area contributed by atoms with Gasteiger partial charge in [-0.3, -0.25) is 9.59 Å². The van der Waals surface area contributed by atoms with Crippen molar-refractivity contribution in [3.63, 3.8) is 0 Å². The second kappa shape index (κ2) is 23.8. The number of carbonyl (C=O) groups excluding carboxylic acids is 2. The molecular formula is C60H78N12O6S. The van der Waals surface area contributed by atoms with Gasteiger partial charge in [0.2, 0.25) is 11.8 Å². The summed E-state index contributed by atoms with van der Waals surface area (Å²) in [6.45, 7) is 17.5. The Morgan fingerprint density at radius 1 is 0.861 bits per heavy atom. The van der Waals surface area contributed by atoms with Gasteiger partial charge in [0.1, 0.15) is 17.7 Å². The van der Waals surface area contributed by atoms with Crippen LogP contribution in [0.3, 0.4) is 0 Å². The summed E-state index contributed by atoms with van der Waals surface area (Å²) < 4.78 is 14.9. The van der Waals surface area contributed by atoms with E-state index in [0.29, 0.717) is 64.5 Å². The number of benzene rings is 2. The van der Waals surface area contributed by atoms with Crippen molar-refractivity contribution in [3.05, 3.63) is 95.7 Å². The van der Waals surface area contributed by atoms with Gasteiger partial charge in [-0.1, -0.05) is 55.4 Å². The summed E-state index contributed by atoms with van der Waals surface area (Å²) in [6.07, 6.45) is 12.9. The molecule has 420 valence electrons. The number of rotatable bonds is 17. The van der Waals surface area contributed by atoms with Crippen LogP contribution in [0.2, 0.25) is 0 Å². The third-order valence-electron chi connectivity index (χ3n) is 18.0. The molecule has 5 atom stereocenters. The monoisotopic (exact) mass is 1090 g/mol. The number of hydrogen-bond donors (Lipinski definition) is 4. The van der Waals surface area contributed by atoms with Crippen LogP contribution in [0.25, 0.3) is 33.0 Å². The number of carbonyl (C=O) groups is 2. The Morgan fingerprint density at radius 3 is 2.32 bits per heavy atom. The zero-order chi connectivity index (χ0) is 54.9. The molecule has 0 spiro atoms. The number of ether oxygens (including phenoxy) is 1. The van der Waals surface area contributed by atoms with Crippen molar-refractivity contribution in [1.29, 1.82) is 0 Å². The lowest BCUT2D eigenvalue weighted by Crippen LogP contribution is -2.52. The second-order valence-corrected chi connectivity index (χ2v) is 24.4. The van der Waals surface area contributed by atoms with Crippen LogP contribution in [0, 0.1) is 24.7 Å². The highest BCUT2D eigenvalue weighted by Crippen LogP contribution is 2.39. The summed E-state index contributed by atoms with van der Waals surface area (Å²) >= 11 is 1.60. The lowest BCUT2D eigenvalue weighted by molar-refractivity contribution is -0.141. The number of nitrogen functional groups attached to an aromatic ring is 1. The minimum atomic E-state index is -0.797. The van der Waals surface area contributed by atoms with E-state index in [4.69, 9.17) is 20.0 Å². The number of thiazole rings is 1. The van der Waals surface area contributed by atoms with Crippen molar-refractivity contribution in [1.82, 2.24) is 49.9 Å². The fourth-order valence-electron chi connectivity index (χ4n) is 13.0. The molecule has 5 fully saturated rings. The minimum absolute atomic E-state index is 0.0905. The van der Waals surface area contributed by atoms with E-state index in [1.54, 1.807) is 28.4 Å². The van der Waals surface area contributed by atoms with Crippen molar-refractivity contribution in [2.24, 2.45) is 17.8 Å². The number of likely N-dealkylation sites (tertiary alicyclic amines) is 3. The summed E-state index contributed by atoms with van der Waals surface area (Å²) in [4.78, 5) is 47.6. The maximum atomic E-state index is 14.4. The van der Waals surface area contributed by atoms with Gasteiger partial charge < -0.3 is 54.7 Å². The zero-order valence-corrected chi connectivity index (χ0v) is 47.2. The van der Waals surface area contributed by atoms with Crippen molar-refractivity contribution >= 4 is 34.8 Å². The number of phenolic OH excluding ortho intramolecular Hbond substituents is 1. The second-order valence-electron chi connectivity index (χ2n) is 23.5. The van der Waals surface area contributed by atoms with Gasteiger partial charge in [0, 0.05) is 81.2 Å². The third kappa shape index (κ3) is 12.1. The molecule has 0 radical (unpaired) electrons. The van der Waals surface area contributed by atoms with Crippen LogP contribution in [0.4, 0.5) is 11.6 Å². The van der Waals surface area contributed by atoms with E-state index in [9.17, 15) is 19.8 Å². The molecule has 6 aromatic rings. The highest BCUT2D eigenvalue weighted by molar-refractivity contribution is 7.13. The first kappa shape index (κ1) is 54.7. The van der Waals surface area contributed by atoms with Gasteiger partial charge in [-0.05, 0) is 132 Å². The molecule has 0 unspecified atom stereocenters. The van der Waals surface area contributed by atoms with Gasteiger partial charge in [0.05, 0.1) is 58.2 Å². The number of nitrogens with two attached hydrogens (primary N) is 1. The quantitative estimate of drug-likeness (QED) is 0.0673. The molecular weight excluding hydrogens is 1020 g/mol. The Kier molecular flexibility index (Phi) is 16.5. The Labute approximate surface area is 467 Å². The van der Waals surface area contributed by atoms with E-state index in [-0.39, 0.29) is 42.5 Å². The summed E-state index contributed by atoms with van der Waals surface area (Å²) in [6, 6.07) is 18.8. The number of aryl methyl sites for hydroxylation is 1. The number of phenols is 1. The number of aromatic nitrogens is 6. The number of aliphatic hydroxyl groups is 1. The van der Waals surface area contributed by atoms with Gasteiger partial charge in [-0.25, -0.2) is 9.97 Å². The number of hydrogen-bond acceptors (Lipinski definition) is 16. The van der Waals surface area contributed by atoms with E-state index in [1.807, 2.05) is 88.1 Å². The Morgan fingerprint density at radius 2 is 1.61 bits per heavy atom. The molecule has 5 aliphatic rings. The number of nitrogens with one attached hydrogen (secondary N) is 1. The molecule has 79 heavy (non-hydrogen) atoms. The number of anilines is 2. The molecule has 2 amide bonds. The molecule has 19 heteroatoms. The molecule has 4 aliphatic heterocycles. The van der Waals surface area contributed by atoms with E-state index in [0.717, 1.165) is 130 Å². The minimum Gasteiger partial charge on any atom is -0.507 e. The number of aliphatic hydroxyl groups excluding tert-OH is 1. The van der Waals surface area contributed by atoms with Crippen molar-refractivity contribution < 1.29 is 29.1 Å². The number of para-hydroxylation sites is 1. The first-order valence-electron chi connectivity index (χ1n) is 28.8. The predicted molar refractivity (Wildman–Crippen MR) is 305 cm³/mol. The molecule has 4 saturated heterocycles. The maximum absolute atomic E-state index is 14.4. The van der Waals surface area contributed by atoms with Crippen LogP contribution < -0.4 is 16.0 Å². The highest BCUT2D eigenvalue weighted by Gasteiger charge is 2.44. The number of imidazole rings is 1. The number of nitrogens with zero attached hydrogens (tertiary/aromatic N) is 10. The van der Waals surface area contributed by atoms with Crippen LogP contribution in [0.15, 0.2) is 83.2 Å². The summed E-state index contributed by atoms with van der Waals surface area (Å²) in [5.41, 5.74) is 13.8. The molecule has 5 N–H and O–H groups in total. The first-order chi connectivity index (χ1) is 38.2. The van der Waals surface area contributed by atoms with Crippen LogP contribution in [0.1, 0.15) is 121 Å². The fourth-order valence-corrected chi connectivity index (χ4v) is 13.8. The molecule has 0 bridgehead atoms. The Balaban J connectivity index is 0.586. The molecule has 1 saturated carbocycles. The third-order valence-corrected chi connectivity index (χ3v) is 18.9. The van der Waals surface area contributed by atoms with Crippen molar-refractivity contribution in [2.45, 2.75) is 141 Å². The summed E-state index contributed by atoms with van der Waals surface area (Å²) in [7, 11) is 0. The zero-order valence-electron chi connectivity index (χ0n) is 46.4. The predicted octanol–water partition coefficient (Wildman–Crippen LogP) is 8.50. The molecule has 2 aromatic carbocycles. The number of amides is 2. The SMILES string of the molecule is Cc1ncsc1-c1ccc([C@H](C)NC(=O)[C@@H]2C[C@@H](O)CN2C(=O)[C@@H](c2cc(N3CCC(CN4CCC(OC5CC(N6CCC([C@@H](C)n7cnc(-c8cc(-c9ccccc9O)nnc8N)c7)CC6)C5)CC4)CC3)no2)C(C)C)cc1. The van der Waals surface area contributed by atoms with Gasteiger partial charge >= 0.3 is 0 Å². The van der Waals surface area contributed by atoms with Crippen LogP contribution in [-0.2, 0) is 14.3 Å². The number of β-amino-alcohol motifs (C(OH)–C–C–N with tert-alkyl or cyclic N) is 1. The lowest BCUT2D eigenvalue weighted by atomic mass is 9.83. The Bertz CT molecular complexity index is 3020. The van der Waals surface area contributed by atoms with Gasteiger partial charge in [0.25, 0.3) is 0 Å². The average molecular weight is 1100 g/mol. The smallest absolute Gasteiger partial charge is 0.243 e. The molecule has 11 rings (SSSR count). The largest absolute Gasteiger partial charge is 0.507 e. The number of piperidine rings is 3. The van der Waals surface area contributed by atoms with Crippen LogP contribution >= 0.6 is 11.3 Å². The van der Waals surface area contributed by atoms with Gasteiger partial charge in [-0.15, -0.1) is 21.5 Å². The summed E-state index contributed by atoms with van der Waals surface area (Å²) in [5.74, 6) is 1.58. The van der Waals surface area contributed by atoms with E-state index < -0.39 is 18.1 Å². The molecule has 8 heterocycles. The highest BCUT2D eigenvalue weighted by atomic mass is 32.1. The first-order valence-corrected chi connectivity index (χ1v) is 29.7. The van der Waals surface area contributed by atoms with Gasteiger partial charge in [-0.2, -0.15) is 0 Å².